The molecular formula is C20H35IN4O3. The fourth-order valence-electron chi connectivity index (χ4n) is 5.51. The van der Waals surface area contributed by atoms with Crippen molar-refractivity contribution in [1.82, 2.24) is 15.5 Å². The number of rotatable bonds is 5. The number of carbonyl (C=O) groups is 1. The summed E-state index contributed by atoms with van der Waals surface area (Å²) in [5.41, 5.74) is 0.263. The summed E-state index contributed by atoms with van der Waals surface area (Å²) in [6.07, 6.45) is 9.05. The van der Waals surface area contributed by atoms with Gasteiger partial charge in [-0.1, -0.05) is 12.8 Å². The number of guanidine groups is 1. The van der Waals surface area contributed by atoms with E-state index in [9.17, 15) is 4.79 Å². The van der Waals surface area contributed by atoms with Crippen LogP contribution >= 0.6 is 24.0 Å². The maximum atomic E-state index is 12.0. The number of amides is 1. The second kappa shape index (κ2) is 9.47. The Morgan fingerprint density at radius 1 is 1.14 bits per heavy atom. The molecule has 28 heavy (non-hydrogen) atoms. The maximum Gasteiger partial charge on any atom is 0.243 e. The van der Waals surface area contributed by atoms with Crippen LogP contribution in [0.2, 0.25) is 0 Å². The smallest absolute Gasteiger partial charge is 0.243 e. The number of hydrogen-bond donors (Lipinski definition) is 2. The van der Waals surface area contributed by atoms with Gasteiger partial charge in [-0.25, -0.2) is 4.99 Å². The van der Waals surface area contributed by atoms with E-state index in [0.29, 0.717) is 18.1 Å². The van der Waals surface area contributed by atoms with E-state index in [4.69, 9.17) is 9.47 Å². The van der Waals surface area contributed by atoms with E-state index in [-0.39, 0.29) is 47.9 Å². The second-order valence-electron chi connectivity index (χ2n) is 8.78. The van der Waals surface area contributed by atoms with Crippen molar-refractivity contribution in [3.05, 3.63) is 0 Å². The maximum absolute atomic E-state index is 12.0. The average Bonchev–Trinajstić information content (AvgIpc) is 3.40. The van der Waals surface area contributed by atoms with Gasteiger partial charge in [-0.2, -0.15) is 0 Å². The van der Waals surface area contributed by atoms with Gasteiger partial charge in [0.25, 0.3) is 0 Å². The highest BCUT2D eigenvalue weighted by Crippen LogP contribution is 2.60. The Morgan fingerprint density at radius 3 is 2.61 bits per heavy atom. The number of nitrogens with zero attached hydrogens (tertiary/aromatic N) is 2. The number of aliphatic imine (C=N–C) groups is 1. The molecule has 4 fully saturated rings. The Hall–Kier alpha value is -0.610. The van der Waals surface area contributed by atoms with E-state index in [1.54, 1.807) is 19.0 Å². The Labute approximate surface area is 185 Å². The fraction of sp³-hybridized carbons (Fsp3) is 0.900. The zero-order valence-corrected chi connectivity index (χ0v) is 19.4. The van der Waals surface area contributed by atoms with Crippen LogP contribution in [-0.2, 0) is 14.3 Å². The lowest BCUT2D eigenvalue weighted by Crippen LogP contribution is -2.69. The molecule has 0 bridgehead atoms. The topological polar surface area (TPSA) is 75.2 Å². The number of carbonyl (C=O) groups excluding carboxylic acids is 1. The van der Waals surface area contributed by atoms with E-state index in [1.807, 2.05) is 0 Å². The molecule has 2 N–H and O–H groups in total. The van der Waals surface area contributed by atoms with Crippen LogP contribution in [0, 0.1) is 11.3 Å². The minimum absolute atomic E-state index is 0. The van der Waals surface area contributed by atoms with Crippen LogP contribution in [-0.4, -0.2) is 75.4 Å². The molecule has 2 aliphatic carbocycles. The summed E-state index contributed by atoms with van der Waals surface area (Å²) in [5, 5.41) is 7.15. The number of halogens is 1. The van der Waals surface area contributed by atoms with E-state index < -0.39 is 0 Å². The Bertz CT molecular complexity index is 574. The van der Waals surface area contributed by atoms with Gasteiger partial charge in [0.2, 0.25) is 5.91 Å². The largest absolute Gasteiger partial charge is 0.377 e. The van der Waals surface area contributed by atoms with Gasteiger partial charge < -0.3 is 25.0 Å². The highest BCUT2D eigenvalue weighted by atomic mass is 127. The Kier molecular flexibility index (Phi) is 7.47. The predicted octanol–water partition coefficient (Wildman–Crippen LogP) is 1.75. The van der Waals surface area contributed by atoms with Gasteiger partial charge in [-0.3, -0.25) is 4.79 Å². The van der Waals surface area contributed by atoms with Crippen LogP contribution in [0.4, 0.5) is 0 Å². The highest BCUT2D eigenvalue weighted by Gasteiger charge is 2.65. The first kappa shape index (κ1) is 22.1. The van der Waals surface area contributed by atoms with Gasteiger partial charge in [0.05, 0.1) is 12.2 Å². The molecule has 4 aliphatic rings. The number of likely N-dealkylation sites (N-methyl/N-ethyl adjacent to an activating group) is 1. The summed E-state index contributed by atoms with van der Waals surface area (Å²) in [5.74, 6) is 1.34. The van der Waals surface area contributed by atoms with Crippen molar-refractivity contribution in [2.24, 2.45) is 16.3 Å². The van der Waals surface area contributed by atoms with Gasteiger partial charge in [0, 0.05) is 51.2 Å². The number of ether oxygens (including phenoxy) is 2. The van der Waals surface area contributed by atoms with Crippen LogP contribution in [0.1, 0.15) is 44.9 Å². The summed E-state index contributed by atoms with van der Waals surface area (Å²) in [7, 11) is 3.54. The van der Waals surface area contributed by atoms with Crippen molar-refractivity contribution in [3.63, 3.8) is 0 Å². The lowest BCUT2D eigenvalue weighted by molar-refractivity contribution is -0.127. The normalized spacial score (nSPS) is 33.1. The highest BCUT2D eigenvalue weighted by molar-refractivity contribution is 14.0. The van der Waals surface area contributed by atoms with Crippen LogP contribution < -0.4 is 10.6 Å². The summed E-state index contributed by atoms with van der Waals surface area (Å²) in [4.78, 5) is 18.2. The Morgan fingerprint density at radius 2 is 1.93 bits per heavy atom. The molecule has 1 amide bonds. The molecule has 2 saturated heterocycles. The molecule has 160 valence electrons. The van der Waals surface area contributed by atoms with Gasteiger partial charge >= 0.3 is 0 Å². The molecule has 7 nitrogen and oxygen atoms in total. The van der Waals surface area contributed by atoms with Gasteiger partial charge in [-0.05, 0) is 32.1 Å². The van der Waals surface area contributed by atoms with E-state index >= 15 is 0 Å². The molecule has 0 aromatic carbocycles. The van der Waals surface area contributed by atoms with Crippen molar-refractivity contribution in [3.8, 4) is 0 Å². The molecular weight excluding hydrogens is 471 g/mol. The molecule has 2 saturated carbocycles. The second-order valence-corrected chi connectivity index (χ2v) is 8.78. The molecule has 4 atom stereocenters. The fourth-order valence-corrected chi connectivity index (χ4v) is 5.51. The van der Waals surface area contributed by atoms with Crippen LogP contribution in [0.3, 0.4) is 0 Å². The van der Waals surface area contributed by atoms with Gasteiger partial charge in [-0.15, -0.1) is 24.0 Å². The van der Waals surface area contributed by atoms with Crippen LogP contribution in [0.25, 0.3) is 0 Å². The SMILES string of the molecule is CN(C)C(=O)CN=C(NCC1CCCO1)NC1C2CCOC2C12CCCC2.I. The third kappa shape index (κ3) is 4.28. The molecule has 8 heteroatoms. The zero-order valence-electron chi connectivity index (χ0n) is 17.1. The third-order valence-electron chi connectivity index (χ3n) is 6.97. The number of nitrogens with one attached hydrogen (secondary N) is 2. The minimum Gasteiger partial charge on any atom is -0.377 e. The predicted molar refractivity (Wildman–Crippen MR) is 119 cm³/mol. The Balaban J connectivity index is 0.00000225. The van der Waals surface area contributed by atoms with Crippen molar-refractivity contribution in [1.29, 1.82) is 0 Å². The summed E-state index contributed by atoms with van der Waals surface area (Å²) >= 11 is 0. The average molecular weight is 506 g/mol. The molecule has 0 aromatic heterocycles. The monoisotopic (exact) mass is 506 g/mol. The first-order chi connectivity index (χ1) is 13.1. The first-order valence-electron chi connectivity index (χ1n) is 10.6. The van der Waals surface area contributed by atoms with E-state index in [1.165, 1.54) is 25.7 Å². The quantitative estimate of drug-likeness (QED) is 0.338. The molecule has 0 radical (unpaired) electrons. The summed E-state index contributed by atoms with van der Waals surface area (Å²) in [6, 6.07) is 0.401. The number of fused-ring (bicyclic) bond motifs is 2. The zero-order chi connectivity index (χ0) is 18.9. The molecule has 2 heterocycles. The van der Waals surface area contributed by atoms with Crippen LogP contribution in [0.15, 0.2) is 4.99 Å². The summed E-state index contributed by atoms with van der Waals surface area (Å²) in [6.45, 7) is 2.63. The lowest BCUT2D eigenvalue weighted by Gasteiger charge is -2.57. The van der Waals surface area contributed by atoms with Crippen molar-refractivity contribution >= 4 is 35.8 Å². The lowest BCUT2D eigenvalue weighted by atomic mass is 9.54. The molecule has 2 aliphatic heterocycles. The first-order valence-corrected chi connectivity index (χ1v) is 10.6. The van der Waals surface area contributed by atoms with Crippen LogP contribution in [0.5, 0.6) is 0 Å². The molecule has 4 rings (SSSR count). The van der Waals surface area contributed by atoms with Crippen molar-refractivity contribution in [2.45, 2.75) is 63.2 Å². The third-order valence-corrected chi connectivity index (χ3v) is 6.97. The standard InChI is InChI=1S/C20H34N4O3.HI/c1-24(2)16(25)13-22-19(21-12-14-6-5-10-26-14)23-17-15-7-11-27-18(15)20(17)8-3-4-9-20;/h14-15,17-18H,3-13H2,1-2H3,(H2,21,22,23);1H. The molecule has 4 unspecified atom stereocenters. The van der Waals surface area contributed by atoms with Gasteiger partial charge in [0.1, 0.15) is 6.54 Å². The molecule has 0 aromatic rings. The van der Waals surface area contributed by atoms with Crippen molar-refractivity contribution in [2.75, 3.05) is 40.4 Å². The molecule has 1 spiro atoms. The van der Waals surface area contributed by atoms with Crippen molar-refractivity contribution < 1.29 is 14.3 Å². The van der Waals surface area contributed by atoms with E-state index in [0.717, 1.165) is 45.0 Å². The van der Waals surface area contributed by atoms with Gasteiger partial charge in [0.15, 0.2) is 5.96 Å². The summed E-state index contributed by atoms with van der Waals surface area (Å²) < 4.78 is 11.8. The van der Waals surface area contributed by atoms with E-state index in [2.05, 4.69) is 15.6 Å². The minimum atomic E-state index is 0. The number of hydrogen-bond acceptors (Lipinski definition) is 4.